The van der Waals surface area contributed by atoms with Crippen molar-refractivity contribution in [1.29, 1.82) is 0 Å². The summed E-state index contributed by atoms with van der Waals surface area (Å²) in [5.74, 6) is 0.581. The zero-order chi connectivity index (χ0) is 13.8. The topological polar surface area (TPSA) is 32.3 Å². The lowest BCUT2D eigenvalue weighted by molar-refractivity contribution is 0.0860. The molecule has 1 aromatic carbocycles. The smallest absolute Gasteiger partial charge is 0.0693 e. The summed E-state index contributed by atoms with van der Waals surface area (Å²) in [6.45, 7) is 6.62. The Morgan fingerprint density at radius 1 is 1.00 bits per heavy atom. The summed E-state index contributed by atoms with van der Waals surface area (Å²) >= 11 is 0. The molecule has 0 amide bonds. The summed E-state index contributed by atoms with van der Waals surface area (Å²) < 4.78 is 0. The average Bonchev–Trinajstić information content (AvgIpc) is 2.41. The largest absolute Gasteiger partial charge is 0.392 e. The minimum absolute atomic E-state index is 0.175. The summed E-state index contributed by atoms with van der Waals surface area (Å²) in [7, 11) is 0. The van der Waals surface area contributed by atoms with Gasteiger partial charge in [-0.15, -0.1) is 0 Å². The minimum atomic E-state index is -0.175. The van der Waals surface area contributed by atoms with E-state index in [-0.39, 0.29) is 12.1 Å². The van der Waals surface area contributed by atoms with E-state index in [1.807, 2.05) is 0 Å². The molecule has 1 aromatic rings. The maximum atomic E-state index is 10.0. The number of nitrogens with one attached hydrogen (secondary N) is 1. The molecule has 2 rings (SSSR count). The normalized spacial score (nSPS) is 25.5. The van der Waals surface area contributed by atoms with E-state index in [1.165, 1.54) is 17.5 Å². The van der Waals surface area contributed by atoms with Gasteiger partial charge < -0.3 is 10.4 Å². The van der Waals surface area contributed by atoms with E-state index in [0.29, 0.717) is 12.0 Å². The average molecular weight is 261 g/mol. The van der Waals surface area contributed by atoms with Gasteiger partial charge in [-0.1, -0.05) is 51.0 Å². The molecule has 1 fully saturated rings. The highest BCUT2D eigenvalue weighted by Gasteiger charge is 2.24. The number of hydrogen-bond acceptors (Lipinski definition) is 2. The highest BCUT2D eigenvalue weighted by Crippen LogP contribution is 2.23. The molecule has 1 aliphatic carbocycles. The second kappa shape index (κ2) is 6.53. The van der Waals surface area contributed by atoms with Crippen LogP contribution in [0.15, 0.2) is 24.3 Å². The molecule has 0 radical (unpaired) electrons. The summed E-state index contributed by atoms with van der Waals surface area (Å²) in [6.07, 6.45) is 4.25. The second-order valence-corrected chi connectivity index (χ2v) is 6.17. The first-order chi connectivity index (χ1) is 9.08. The molecule has 19 heavy (non-hydrogen) atoms. The molecule has 2 nitrogen and oxygen atoms in total. The first-order valence-electron chi connectivity index (χ1n) is 7.62. The second-order valence-electron chi connectivity index (χ2n) is 6.17. The molecule has 2 N–H and O–H groups in total. The van der Waals surface area contributed by atoms with E-state index in [4.69, 9.17) is 0 Å². The van der Waals surface area contributed by atoms with Crippen LogP contribution in [0.1, 0.15) is 69.5 Å². The van der Waals surface area contributed by atoms with E-state index in [0.717, 1.165) is 19.3 Å². The van der Waals surface area contributed by atoms with Crippen LogP contribution in [0.4, 0.5) is 0 Å². The fourth-order valence-electron chi connectivity index (χ4n) is 2.89. The van der Waals surface area contributed by atoms with Gasteiger partial charge in [-0.25, -0.2) is 0 Å². The Morgan fingerprint density at radius 2 is 1.58 bits per heavy atom. The number of rotatable bonds is 4. The maximum absolute atomic E-state index is 10.0. The lowest BCUT2D eigenvalue weighted by atomic mass is 9.91. The van der Waals surface area contributed by atoms with E-state index in [9.17, 15) is 5.11 Å². The van der Waals surface area contributed by atoms with E-state index in [1.54, 1.807) is 0 Å². The Morgan fingerprint density at radius 3 is 2.16 bits per heavy atom. The molecular formula is C17H27NO. The SMILES string of the molecule is CC(C)c1ccc(C(C)NC2CCCCC2O)cc1. The molecule has 3 unspecified atom stereocenters. The molecule has 0 aliphatic heterocycles. The van der Waals surface area contributed by atoms with Crippen LogP contribution in [-0.4, -0.2) is 17.3 Å². The van der Waals surface area contributed by atoms with Crippen molar-refractivity contribution < 1.29 is 5.11 Å². The molecule has 1 aliphatic rings. The number of hydrogen-bond donors (Lipinski definition) is 2. The van der Waals surface area contributed by atoms with Crippen LogP contribution in [0.5, 0.6) is 0 Å². The van der Waals surface area contributed by atoms with Crippen molar-refractivity contribution in [2.75, 3.05) is 0 Å². The molecule has 0 bridgehead atoms. The molecular weight excluding hydrogens is 234 g/mol. The van der Waals surface area contributed by atoms with Crippen LogP contribution >= 0.6 is 0 Å². The first-order valence-corrected chi connectivity index (χ1v) is 7.62. The molecule has 0 aromatic heterocycles. The zero-order valence-electron chi connectivity index (χ0n) is 12.4. The van der Waals surface area contributed by atoms with Crippen LogP contribution < -0.4 is 5.32 Å². The van der Waals surface area contributed by atoms with Crippen molar-refractivity contribution in [3.63, 3.8) is 0 Å². The van der Waals surface area contributed by atoms with E-state index >= 15 is 0 Å². The fourth-order valence-corrected chi connectivity index (χ4v) is 2.89. The molecule has 3 atom stereocenters. The van der Waals surface area contributed by atoms with Gasteiger partial charge in [0.05, 0.1) is 6.10 Å². The van der Waals surface area contributed by atoms with Crippen molar-refractivity contribution in [3.05, 3.63) is 35.4 Å². The van der Waals surface area contributed by atoms with Gasteiger partial charge >= 0.3 is 0 Å². The van der Waals surface area contributed by atoms with Gasteiger partial charge in [0.1, 0.15) is 0 Å². The summed E-state index contributed by atoms with van der Waals surface area (Å²) in [4.78, 5) is 0. The molecule has 1 saturated carbocycles. The van der Waals surface area contributed by atoms with Gasteiger partial charge in [0.2, 0.25) is 0 Å². The molecule has 0 spiro atoms. The van der Waals surface area contributed by atoms with Crippen LogP contribution in [0.2, 0.25) is 0 Å². The predicted molar refractivity (Wildman–Crippen MR) is 80.3 cm³/mol. The van der Waals surface area contributed by atoms with Crippen molar-refractivity contribution in [2.45, 2.75) is 70.6 Å². The third-order valence-electron chi connectivity index (χ3n) is 4.30. The number of benzene rings is 1. The lowest BCUT2D eigenvalue weighted by Crippen LogP contribution is -2.43. The first kappa shape index (κ1) is 14.5. The summed E-state index contributed by atoms with van der Waals surface area (Å²) in [5.41, 5.74) is 2.69. The Labute approximate surface area is 117 Å². The zero-order valence-corrected chi connectivity index (χ0v) is 12.4. The number of aliphatic hydroxyl groups excluding tert-OH is 1. The highest BCUT2D eigenvalue weighted by molar-refractivity contribution is 5.26. The lowest BCUT2D eigenvalue weighted by Gasteiger charge is -2.31. The van der Waals surface area contributed by atoms with Gasteiger partial charge in [-0.3, -0.25) is 0 Å². The van der Waals surface area contributed by atoms with Crippen molar-refractivity contribution in [1.82, 2.24) is 5.32 Å². The van der Waals surface area contributed by atoms with Crippen LogP contribution in [0, 0.1) is 0 Å². The predicted octanol–water partition coefficient (Wildman–Crippen LogP) is 3.76. The number of aliphatic hydroxyl groups is 1. The Bertz CT molecular complexity index is 385. The Hall–Kier alpha value is -0.860. The quantitative estimate of drug-likeness (QED) is 0.865. The van der Waals surface area contributed by atoms with Crippen LogP contribution in [0.3, 0.4) is 0 Å². The third kappa shape index (κ3) is 3.80. The van der Waals surface area contributed by atoms with Crippen LogP contribution in [-0.2, 0) is 0 Å². The summed E-state index contributed by atoms with van der Waals surface area (Å²) in [5, 5.41) is 13.6. The monoisotopic (exact) mass is 261 g/mol. The van der Waals surface area contributed by atoms with Crippen molar-refractivity contribution in [3.8, 4) is 0 Å². The third-order valence-corrected chi connectivity index (χ3v) is 4.30. The minimum Gasteiger partial charge on any atom is -0.392 e. The van der Waals surface area contributed by atoms with Crippen LogP contribution in [0.25, 0.3) is 0 Å². The molecule has 0 heterocycles. The highest BCUT2D eigenvalue weighted by atomic mass is 16.3. The van der Waals surface area contributed by atoms with E-state index < -0.39 is 0 Å². The van der Waals surface area contributed by atoms with Crippen molar-refractivity contribution in [2.24, 2.45) is 0 Å². The Kier molecular flexibility index (Phi) is 5.00. The molecule has 106 valence electrons. The van der Waals surface area contributed by atoms with Gasteiger partial charge in [0.15, 0.2) is 0 Å². The molecule has 0 saturated heterocycles. The van der Waals surface area contributed by atoms with E-state index in [2.05, 4.69) is 50.4 Å². The van der Waals surface area contributed by atoms with Gasteiger partial charge in [-0.2, -0.15) is 0 Å². The fraction of sp³-hybridized carbons (Fsp3) is 0.647. The standard InChI is InChI=1S/C17H27NO/c1-12(2)14-8-10-15(11-9-14)13(3)18-16-6-4-5-7-17(16)19/h8-13,16-19H,4-7H2,1-3H3. The maximum Gasteiger partial charge on any atom is 0.0693 e. The summed E-state index contributed by atoms with van der Waals surface area (Å²) in [6, 6.07) is 9.42. The van der Waals surface area contributed by atoms with Gasteiger partial charge in [-0.05, 0) is 36.8 Å². The van der Waals surface area contributed by atoms with Gasteiger partial charge in [0, 0.05) is 12.1 Å². The molecule has 2 heteroatoms. The van der Waals surface area contributed by atoms with Crippen molar-refractivity contribution >= 4 is 0 Å². The Balaban J connectivity index is 1.97. The van der Waals surface area contributed by atoms with Gasteiger partial charge in [0.25, 0.3) is 0 Å².